The molecule has 6 heteroatoms. The molecule has 3 aromatic rings. The van der Waals surface area contributed by atoms with Crippen molar-refractivity contribution in [1.29, 1.82) is 0 Å². The fourth-order valence-electron chi connectivity index (χ4n) is 3.03. The smallest absolute Gasteiger partial charge is 0.306 e. The van der Waals surface area contributed by atoms with Crippen molar-refractivity contribution in [1.82, 2.24) is 4.90 Å². The van der Waals surface area contributed by atoms with Gasteiger partial charge in [-0.2, -0.15) is 8.42 Å². The van der Waals surface area contributed by atoms with Crippen LogP contribution in [0.1, 0.15) is 27.0 Å². The fourth-order valence-corrected chi connectivity index (χ4v) is 3.49. The molecule has 29 heavy (non-hydrogen) atoms. The van der Waals surface area contributed by atoms with Gasteiger partial charge in [0.25, 0.3) is 5.91 Å². The lowest BCUT2D eigenvalue weighted by molar-refractivity contribution is 0.0729. The van der Waals surface area contributed by atoms with E-state index in [-0.39, 0.29) is 11.7 Å². The molecule has 0 unspecified atom stereocenters. The highest BCUT2D eigenvalue weighted by molar-refractivity contribution is 7.86. The fraction of sp³-hybridized carbons (Fsp3) is 0.174. The first kappa shape index (κ1) is 20.6. The van der Waals surface area contributed by atoms with Crippen molar-refractivity contribution < 1.29 is 17.4 Å². The minimum absolute atomic E-state index is 0.0524. The summed E-state index contributed by atoms with van der Waals surface area (Å²) in [6, 6.07) is 24.1. The zero-order chi connectivity index (χ0) is 20.9. The maximum absolute atomic E-state index is 13.3. The first-order valence-corrected chi connectivity index (χ1v) is 11.0. The van der Waals surface area contributed by atoms with Crippen LogP contribution in [0.15, 0.2) is 78.9 Å². The molecular formula is C23H23NO4S. The monoisotopic (exact) mass is 409 g/mol. The molecule has 0 atom stereocenters. The zero-order valence-electron chi connectivity index (χ0n) is 16.4. The number of nitrogens with zero attached hydrogens (tertiary/aromatic N) is 1. The number of rotatable bonds is 7. The Morgan fingerprint density at radius 3 is 1.97 bits per heavy atom. The first-order chi connectivity index (χ1) is 13.8. The SMILES string of the molecule is Cc1ccccc1C(=O)N(Cc1ccccc1)Cc1ccc(OS(C)(=O)=O)cc1. The summed E-state index contributed by atoms with van der Waals surface area (Å²) < 4.78 is 27.4. The Hall–Kier alpha value is -3.12. The van der Waals surface area contributed by atoms with Gasteiger partial charge in [-0.1, -0.05) is 60.7 Å². The highest BCUT2D eigenvalue weighted by Gasteiger charge is 2.18. The molecule has 3 aromatic carbocycles. The minimum Gasteiger partial charge on any atom is -0.383 e. The molecule has 0 heterocycles. The maximum atomic E-state index is 13.3. The average Bonchev–Trinajstić information content (AvgIpc) is 2.68. The Morgan fingerprint density at radius 2 is 1.38 bits per heavy atom. The molecule has 0 aliphatic carbocycles. The lowest BCUT2D eigenvalue weighted by Crippen LogP contribution is -2.30. The lowest BCUT2D eigenvalue weighted by Gasteiger charge is -2.24. The van der Waals surface area contributed by atoms with Gasteiger partial charge < -0.3 is 9.08 Å². The molecule has 0 fully saturated rings. The van der Waals surface area contributed by atoms with Crippen molar-refractivity contribution >= 4 is 16.0 Å². The summed E-state index contributed by atoms with van der Waals surface area (Å²) in [6.45, 7) is 2.78. The summed E-state index contributed by atoms with van der Waals surface area (Å²) in [5, 5.41) is 0. The molecule has 0 saturated carbocycles. The Bertz CT molecular complexity index is 1080. The van der Waals surface area contributed by atoms with Crippen LogP contribution in [0.2, 0.25) is 0 Å². The van der Waals surface area contributed by atoms with E-state index >= 15 is 0 Å². The van der Waals surface area contributed by atoms with Crippen LogP contribution < -0.4 is 4.18 Å². The second-order valence-corrected chi connectivity index (χ2v) is 8.47. The van der Waals surface area contributed by atoms with Crippen LogP contribution in [-0.2, 0) is 23.2 Å². The number of aryl methyl sites for hydroxylation is 1. The van der Waals surface area contributed by atoms with Crippen LogP contribution >= 0.6 is 0 Å². The van der Waals surface area contributed by atoms with Gasteiger partial charge in [-0.15, -0.1) is 0 Å². The van der Waals surface area contributed by atoms with Crippen molar-refractivity contribution in [3.63, 3.8) is 0 Å². The summed E-state index contributed by atoms with van der Waals surface area (Å²) in [6.07, 6.45) is 1.00. The van der Waals surface area contributed by atoms with Gasteiger partial charge >= 0.3 is 10.1 Å². The second-order valence-electron chi connectivity index (χ2n) is 6.89. The van der Waals surface area contributed by atoms with E-state index in [4.69, 9.17) is 4.18 Å². The lowest BCUT2D eigenvalue weighted by atomic mass is 10.1. The van der Waals surface area contributed by atoms with Gasteiger partial charge in [0.2, 0.25) is 0 Å². The number of carbonyl (C=O) groups is 1. The number of amides is 1. The highest BCUT2D eigenvalue weighted by Crippen LogP contribution is 2.19. The van der Waals surface area contributed by atoms with Crippen LogP contribution in [0.3, 0.4) is 0 Å². The molecule has 0 aliphatic heterocycles. The zero-order valence-corrected chi connectivity index (χ0v) is 17.2. The summed E-state index contributed by atoms with van der Waals surface area (Å²) in [5.41, 5.74) is 3.50. The second kappa shape index (κ2) is 8.92. The average molecular weight is 410 g/mol. The van der Waals surface area contributed by atoms with Gasteiger partial charge in [-0.05, 0) is 41.8 Å². The van der Waals surface area contributed by atoms with E-state index in [1.54, 1.807) is 29.2 Å². The van der Waals surface area contributed by atoms with Crippen molar-refractivity contribution in [2.75, 3.05) is 6.26 Å². The number of hydrogen-bond acceptors (Lipinski definition) is 4. The highest BCUT2D eigenvalue weighted by atomic mass is 32.2. The Balaban J connectivity index is 1.85. The van der Waals surface area contributed by atoms with Gasteiger partial charge in [0.05, 0.1) is 6.26 Å². The minimum atomic E-state index is -3.57. The normalized spacial score (nSPS) is 11.1. The van der Waals surface area contributed by atoms with E-state index < -0.39 is 10.1 Å². The van der Waals surface area contributed by atoms with E-state index in [0.717, 1.165) is 22.9 Å². The van der Waals surface area contributed by atoms with Gasteiger partial charge in [-0.3, -0.25) is 4.79 Å². The topological polar surface area (TPSA) is 63.7 Å². The number of hydrogen-bond donors (Lipinski definition) is 0. The molecule has 0 bridgehead atoms. The van der Waals surface area contributed by atoms with Crippen LogP contribution in [0.25, 0.3) is 0 Å². The number of benzene rings is 3. The molecule has 0 saturated heterocycles. The van der Waals surface area contributed by atoms with Crippen LogP contribution in [0, 0.1) is 6.92 Å². The Kier molecular flexibility index (Phi) is 6.34. The third-order valence-electron chi connectivity index (χ3n) is 4.42. The van der Waals surface area contributed by atoms with Crippen molar-refractivity contribution in [3.8, 4) is 5.75 Å². The summed E-state index contributed by atoms with van der Waals surface area (Å²) in [5.74, 6) is 0.194. The standard InChI is InChI=1S/C23H23NO4S/c1-18-8-6-7-11-22(18)23(25)24(16-19-9-4-3-5-10-19)17-20-12-14-21(15-13-20)28-29(2,26)27/h3-15H,16-17H2,1-2H3. The third-order valence-corrected chi connectivity index (χ3v) is 4.92. The predicted octanol–water partition coefficient (Wildman–Crippen LogP) is 4.18. The van der Waals surface area contributed by atoms with Crippen molar-refractivity contribution in [2.45, 2.75) is 20.0 Å². The van der Waals surface area contributed by atoms with Crippen LogP contribution in [0.5, 0.6) is 5.75 Å². The first-order valence-electron chi connectivity index (χ1n) is 9.19. The predicted molar refractivity (Wildman–Crippen MR) is 113 cm³/mol. The molecule has 0 radical (unpaired) electrons. The maximum Gasteiger partial charge on any atom is 0.306 e. The largest absolute Gasteiger partial charge is 0.383 e. The summed E-state index contributed by atoms with van der Waals surface area (Å²) in [4.78, 5) is 15.0. The Morgan fingerprint density at radius 1 is 0.828 bits per heavy atom. The molecule has 150 valence electrons. The van der Waals surface area contributed by atoms with Crippen LogP contribution in [0.4, 0.5) is 0 Å². The van der Waals surface area contributed by atoms with E-state index in [0.29, 0.717) is 18.7 Å². The van der Waals surface area contributed by atoms with E-state index in [9.17, 15) is 13.2 Å². The molecule has 0 aromatic heterocycles. The Labute approximate surface area is 171 Å². The summed E-state index contributed by atoms with van der Waals surface area (Å²) >= 11 is 0. The quantitative estimate of drug-likeness (QED) is 0.549. The van der Waals surface area contributed by atoms with Gasteiger partial charge in [0.15, 0.2) is 0 Å². The van der Waals surface area contributed by atoms with Gasteiger partial charge in [-0.25, -0.2) is 0 Å². The van der Waals surface area contributed by atoms with E-state index in [1.165, 1.54) is 0 Å². The van der Waals surface area contributed by atoms with E-state index in [2.05, 4.69) is 0 Å². The molecule has 0 N–H and O–H groups in total. The number of carbonyl (C=O) groups excluding carboxylic acids is 1. The molecular weight excluding hydrogens is 386 g/mol. The van der Waals surface area contributed by atoms with Crippen LogP contribution in [-0.4, -0.2) is 25.5 Å². The third kappa shape index (κ3) is 5.93. The van der Waals surface area contributed by atoms with Crippen molar-refractivity contribution in [2.24, 2.45) is 0 Å². The molecule has 0 spiro atoms. The molecule has 5 nitrogen and oxygen atoms in total. The van der Waals surface area contributed by atoms with Crippen molar-refractivity contribution in [3.05, 3.63) is 101 Å². The van der Waals surface area contributed by atoms with E-state index in [1.807, 2.05) is 61.5 Å². The molecule has 0 aliphatic rings. The summed E-state index contributed by atoms with van der Waals surface area (Å²) in [7, 11) is -3.57. The molecule has 1 amide bonds. The van der Waals surface area contributed by atoms with Gasteiger partial charge in [0, 0.05) is 18.7 Å². The molecule has 3 rings (SSSR count). The van der Waals surface area contributed by atoms with Gasteiger partial charge in [0.1, 0.15) is 5.75 Å².